The zero-order valence-electron chi connectivity index (χ0n) is 18.6. The van der Waals surface area contributed by atoms with Gasteiger partial charge in [-0.1, -0.05) is 26.0 Å². The van der Waals surface area contributed by atoms with E-state index in [0.717, 1.165) is 25.1 Å². The maximum Gasteiger partial charge on any atom is 0.258 e. The molecule has 1 saturated heterocycles. The van der Waals surface area contributed by atoms with Gasteiger partial charge in [0.2, 0.25) is 5.96 Å². The second-order valence-electron chi connectivity index (χ2n) is 7.75. The zero-order valence-corrected chi connectivity index (χ0v) is 18.6. The van der Waals surface area contributed by atoms with Crippen molar-refractivity contribution in [2.75, 3.05) is 32.7 Å². The molecule has 0 radical (unpaired) electrons. The minimum absolute atomic E-state index is 0.0816. The molecule has 1 fully saturated rings. The molecule has 0 saturated carbocycles. The lowest BCUT2D eigenvalue weighted by Gasteiger charge is -2.15. The monoisotopic (exact) mass is 425 g/mol. The van der Waals surface area contributed by atoms with Crippen LogP contribution in [-0.2, 0) is 4.74 Å². The lowest BCUT2D eigenvalue weighted by Crippen LogP contribution is -2.36. The summed E-state index contributed by atoms with van der Waals surface area (Å²) in [5.74, 6) is 1.59. The summed E-state index contributed by atoms with van der Waals surface area (Å²) in [7, 11) is 3.10. The van der Waals surface area contributed by atoms with Gasteiger partial charge >= 0.3 is 0 Å². The van der Waals surface area contributed by atoms with E-state index in [1.54, 1.807) is 25.3 Å². The first kappa shape index (κ1) is 22.6. The molecule has 166 valence electrons. The average Bonchev–Trinajstić information content (AvgIpc) is 3.31. The Morgan fingerprint density at radius 3 is 2.48 bits per heavy atom. The van der Waals surface area contributed by atoms with Gasteiger partial charge in [0, 0.05) is 17.9 Å². The van der Waals surface area contributed by atoms with Gasteiger partial charge in [0.05, 0.1) is 26.9 Å². The number of nitrogens with zero attached hydrogens (tertiary/aromatic N) is 1. The Kier molecular flexibility index (Phi) is 7.89. The molecule has 0 bridgehead atoms. The Labute approximate surface area is 183 Å². The van der Waals surface area contributed by atoms with Gasteiger partial charge in [-0.2, -0.15) is 0 Å². The van der Waals surface area contributed by atoms with Crippen LogP contribution in [0.4, 0.5) is 5.69 Å². The van der Waals surface area contributed by atoms with E-state index < -0.39 is 0 Å². The highest BCUT2D eigenvalue weighted by Gasteiger charge is 2.17. The van der Waals surface area contributed by atoms with Crippen molar-refractivity contribution in [3.8, 4) is 11.5 Å². The molecule has 0 aliphatic carbocycles. The first-order chi connectivity index (χ1) is 15.0. The van der Waals surface area contributed by atoms with E-state index >= 15 is 0 Å². The standard InChI is InChI=1S/C24H31N3O4/c1-16(2)17-7-10-19(11-8-17)26-24(25-15-20-6-5-13-31-20)27-23(28)18-9-12-21(29-3)22(14-18)30-4/h7-12,14,16,20H,5-6,13,15H2,1-4H3,(H2,25,26,27,28)/t20-/m1/s1. The number of carbonyl (C=O) groups is 1. The fourth-order valence-corrected chi connectivity index (χ4v) is 3.34. The number of anilines is 1. The summed E-state index contributed by atoms with van der Waals surface area (Å²) in [4.78, 5) is 17.5. The number of aliphatic imine (C=N–C) groups is 1. The number of benzene rings is 2. The average molecular weight is 426 g/mol. The predicted octanol–water partition coefficient (Wildman–Crippen LogP) is 4.20. The summed E-state index contributed by atoms with van der Waals surface area (Å²) in [5.41, 5.74) is 2.54. The minimum Gasteiger partial charge on any atom is -0.493 e. The number of ether oxygens (including phenoxy) is 3. The molecule has 0 spiro atoms. The molecule has 1 amide bonds. The summed E-state index contributed by atoms with van der Waals surface area (Å²) in [5, 5.41) is 6.11. The van der Waals surface area contributed by atoms with Gasteiger partial charge in [0.1, 0.15) is 0 Å². The van der Waals surface area contributed by atoms with Crippen molar-refractivity contribution in [1.29, 1.82) is 0 Å². The number of hydrogen-bond donors (Lipinski definition) is 2. The number of methoxy groups -OCH3 is 2. The molecule has 2 N–H and O–H groups in total. The number of hydrogen-bond acceptors (Lipinski definition) is 5. The van der Waals surface area contributed by atoms with Gasteiger partial charge in [-0.25, -0.2) is 4.99 Å². The first-order valence-corrected chi connectivity index (χ1v) is 10.6. The van der Waals surface area contributed by atoms with Crippen LogP contribution in [0.5, 0.6) is 11.5 Å². The van der Waals surface area contributed by atoms with Crippen molar-refractivity contribution in [3.63, 3.8) is 0 Å². The molecule has 3 rings (SSSR count). The van der Waals surface area contributed by atoms with Crippen molar-refractivity contribution in [1.82, 2.24) is 5.32 Å². The van der Waals surface area contributed by atoms with Gasteiger partial charge in [0.15, 0.2) is 11.5 Å². The zero-order chi connectivity index (χ0) is 22.2. The van der Waals surface area contributed by atoms with E-state index in [1.807, 2.05) is 12.1 Å². The summed E-state index contributed by atoms with van der Waals surface area (Å²) >= 11 is 0. The first-order valence-electron chi connectivity index (χ1n) is 10.6. The molecule has 2 aromatic rings. The number of amides is 1. The number of carbonyl (C=O) groups excluding carboxylic acids is 1. The Morgan fingerprint density at radius 1 is 1.13 bits per heavy atom. The van der Waals surface area contributed by atoms with Gasteiger partial charge < -0.3 is 19.5 Å². The lowest BCUT2D eigenvalue weighted by molar-refractivity contribution is 0.0975. The Bertz CT molecular complexity index is 904. The largest absolute Gasteiger partial charge is 0.493 e. The van der Waals surface area contributed by atoms with Gasteiger partial charge in [-0.3, -0.25) is 10.1 Å². The molecule has 1 aliphatic heterocycles. The Hall–Kier alpha value is -3.06. The maximum atomic E-state index is 12.9. The summed E-state index contributed by atoms with van der Waals surface area (Å²) in [6, 6.07) is 13.1. The van der Waals surface area contributed by atoms with Gasteiger partial charge in [-0.15, -0.1) is 0 Å². The maximum absolute atomic E-state index is 12.9. The van der Waals surface area contributed by atoms with Crippen LogP contribution in [-0.4, -0.2) is 45.3 Å². The molecule has 7 nitrogen and oxygen atoms in total. The second-order valence-corrected chi connectivity index (χ2v) is 7.75. The van der Waals surface area contributed by atoms with Crippen molar-refractivity contribution in [2.24, 2.45) is 4.99 Å². The van der Waals surface area contributed by atoms with Gasteiger partial charge in [-0.05, 0) is 54.7 Å². The topological polar surface area (TPSA) is 81.2 Å². The summed E-state index contributed by atoms with van der Waals surface area (Å²) in [6.45, 7) is 5.55. The number of guanidine groups is 1. The van der Waals surface area contributed by atoms with Crippen LogP contribution < -0.4 is 20.1 Å². The van der Waals surface area contributed by atoms with Crippen LogP contribution in [0.15, 0.2) is 47.5 Å². The van der Waals surface area contributed by atoms with Crippen LogP contribution in [0.3, 0.4) is 0 Å². The molecule has 2 aromatic carbocycles. The molecular formula is C24H31N3O4. The van der Waals surface area contributed by atoms with Crippen LogP contribution in [0, 0.1) is 0 Å². The molecule has 7 heteroatoms. The van der Waals surface area contributed by atoms with E-state index in [-0.39, 0.29) is 12.0 Å². The molecule has 1 heterocycles. The highest BCUT2D eigenvalue weighted by atomic mass is 16.5. The molecule has 0 aromatic heterocycles. The van der Waals surface area contributed by atoms with Crippen molar-refractivity contribution < 1.29 is 19.0 Å². The summed E-state index contributed by atoms with van der Waals surface area (Å²) in [6.07, 6.45) is 2.10. The lowest BCUT2D eigenvalue weighted by atomic mass is 10.0. The third kappa shape index (κ3) is 6.21. The number of rotatable bonds is 7. The van der Waals surface area contributed by atoms with Crippen molar-refractivity contribution in [2.45, 2.75) is 38.7 Å². The fraction of sp³-hybridized carbons (Fsp3) is 0.417. The fourth-order valence-electron chi connectivity index (χ4n) is 3.34. The highest BCUT2D eigenvalue weighted by Crippen LogP contribution is 2.27. The van der Waals surface area contributed by atoms with Crippen molar-refractivity contribution in [3.05, 3.63) is 53.6 Å². The third-order valence-electron chi connectivity index (χ3n) is 5.19. The highest BCUT2D eigenvalue weighted by molar-refractivity contribution is 6.10. The predicted molar refractivity (Wildman–Crippen MR) is 122 cm³/mol. The van der Waals surface area contributed by atoms with E-state index in [9.17, 15) is 4.79 Å². The van der Waals surface area contributed by atoms with E-state index in [1.165, 1.54) is 12.7 Å². The Morgan fingerprint density at radius 2 is 1.87 bits per heavy atom. The van der Waals surface area contributed by atoms with Gasteiger partial charge in [0.25, 0.3) is 5.91 Å². The quantitative estimate of drug-likeness (QED) is 0.513. The Balaban J connectivity index is 1.76. The van der Waals surface area contributed by atoms with E-state index in [2.05, 4.69) is 41.6 Å². The van der Waals surface area contributed by atoms with E-state index in [0.29, 0.717) is 35.5 Å². The van der Waals surface area contributed by atoms with Crippen LogP contribution in [0.2, 0.25) is 0 Å². The van der Waals surface area contributed by atoms with Crippen LogP contribution >= 0.6 is 0 Å². The van der Waals surface area contributed by atoms with Crippen LogP contribution in [0.25, 0.3) is 0 Å². The number of nitrogens with one attached hydrogen (secondary N) is 2. The molecular weight excluding hydrogens is 394 g/mol. The molecule has 1 atom stereocenters. The third-order valence-corrected chi connectivity index (χ3v) is 5.19. The SMILES string of the molecule is COc1ccc(C(=O)NC(=NC[C@H]2CCCO2)Nc2ccc(C(C)C)cc2)cc1OC. The minimum atomic E-state index is -0.293. The second kappa shape index (κ2) is 10.8. The normalized spacial score (nSPS) is 16.3. The smallest absolute Gasteiger partial charge is 0.258 e. The molecule has 1 aliphatic rings. The van der Waals surface area contributed by atoms with Crippen molar-refractivity contribution >= 4 is 17.6 Å². The van der Waals surface area contributed by atoms with Crippen LogP contribution in [0.1, 0.15) is 48.5 Å². The molecule has 31 heavy (non-hydrogen) atoms. The van der Waals surface area contributed by atoms with E-state index in [4.69, 9.17) is 14.2 Å². The summed E-state index contributed by atoms with van der Waals surface area (Å²) < 4.78 is 16.2. The molecule has 0 unspecified atom stereocenters.